The Balaban J connectivity index is 0.00000220. The normalized spacial score (nSPS) is 21.8. The Morgan fingerprint density at radius 1 is 1.45 bits per heavy atom. The number of rotatable bonds is 6. The molecule has 0 aromatic carbocycles. The molecule has 3 N–H and O–H groups in total. The quantitative estimate of drug-likeness (QED) is 0.812. The molecule has 1 fully saturated rings. The lowest BCUT2D eigenvalue weighted by Gasteiger charge is -2.24. The van der Waals surface area contributed by atoms with E-state index in [1.807, 2.05) is 14.1 Å². The van der Waals surface area contributed by atoms with Crippen LogP contribution in [0, 0.1) is 5.92 Å². The van der Waals surface area contributed by atoms with E-state index in [0.717, 1.165) is 19.3 Å². The van der Waals surface area contributed by atoms with Gasteiger partial charge in [0.15, 0.2) is 0 Å². The highest BCUT2D eigenvalue weighted by molar-refractivity contribution is 7.10. The van der Waals surface area contributed by atoms with Crippen LogP contribution in [-0.4, -0.2) is 37.5 Å². The van der Waals surface area contributed by atoms with Gasteiger partial charge in [0.1, 0.15) is 0 Å². The van der Waals surface area contributed by atoms with E-state index in [4.69, 9.17) is 5.73 Å². The smallest absolute Gasteiger partial charge is 0.220 e. The standard InChI is InChI=1S/C15H25N3OS.2ClH/c1-18(2)13(14-7-4-8-20-14)10-17-15(19)9-11-5-3-6-12(11)16;;/h4,7-8,11-13H,3,5-6,9-10,16H2,1-2H3,(H,17,19);2*1H/t11-,12+,13?;;/m0../s1. The predicted octanol–water partition coefficient (Wildman–Crippen LogP) is 2.83. The molecule has 1 amide bonds. The van der Waals surface area contributed by atoms with Gasteiger partial charge in [-0.05, 0) is 44.3 Å². The SMILES string of the molecule is CN(C)C(CNC(=O)C[C@@H]1CCC[C@H]1N)c1cccs1.Cl.Cl. The molecule has 1 unspecified atom stereocenters. The first-order valence-electron chi connectivity index (χ1n) is 7.30. The van der Waals surface area contributed by atoms with Gasteiger partial charge in [-0.15, -0.1) is 36.2 Å². The van der Waals surface area contributed by atoms with Gasteiger partial charge in [0.2, 0.25) is 5.91 Å². The zero-order valence-corrected chi connectivity index (χ0v) is 15.6. The molecule has 2 rings (SSSR count). The van der Waals surface area contributed by atoms with Crippen LogP contribution in [0.1, 0.15) is 36.6 Å². The average Bonchev–Trinajstić information content (AvgIpc) is 3.02. The first-order valence-corrected chi connectivity index (χ1v) is 8.18. The average molecular weight is 368 g/mol. The van der Waals surface area contributed by atoms with Crippen molar-refractivity contribution in [3.8, 4) is 0 Å². The Hall–Kier alpha value is -0.330. The Kier molecular flexibility index (Phi) is 10.3. The van der Waals surface area contributed by atoms with E-state index in [1.54, 1.807) is 11.3 Å². The summed E-state index contributed by atoms with van der Waals surface area (Å²) in [5.74, 6) is 0.505. The van der Waals surface area contributed by atoms with Gasteiger partial charge >= 0.3 is 0 Å². The largest absolute Gasteiger partial charge is 0.354 e. The van der Waals surface area contributed by atoms with Crippen molar-refractivity contribution in [3.63, 3.8) is 0 Å². The molecule has 1 saturated carbocycles. The Labute approximate surface area is 149 Å². The summed E-state index contributed by atoms with van der Waals surface area (Å²) >= 11 is 1.73. The molecule has 1 heterocycles. The maximum atomic E-state index is 12.1. The van der Waals surface area contributed by atoms with E-state index in [0.29, 0.717) is 18.9 Å². The zero-order valence-electron chi connectivity index (χ0n) is 13.2. The van der Waals surface area contributed by atoms with Crippen molar-refractivity contribution in [3.05, 3.63) is 22.4 Å². The van der Waals surface area contributed by atoms with Crippen LogP contribution in [0.4, 0.5) is 0 Å². The molecule has 0 aliphatic heterocycles. The van der Waals surface area contributed by atoms with E-state index >= 15 is 0 Å². The number of likely N-dealkylation sites (N-methyl/N-ethyl adjacent to an activating group) is 1. The Morgan fingerprint density at radius 3 is 2.68 bits per heavy atom. The minimum atomic E-state index is 0. The Morgan fingerprint density at radius 2 is 2.18 bits per heavy atom. The van der Waals surface area contributed by atoms with Gasteiger partial charge in [-0.1, -0.05) is 12.5 Å². The molecule has 1 aliphatic carbocycles. The maximum absolute atomic E-state index is 12.1. The fraction of sp³-hybridized carbons (Fsp3) is 0.667. The highest BCUT2D eigenvalue weighted by Crippen LogP contribution is 2.27. The zero-order chi connectivity index (χ0) is 14.5. The molecule has 1 aliphatic rings. The van der Waals surface area contributed by atoms with Crippen LogP contribution < -0.4 is 11.1 Å². The number of halogens is 2. The second-order valence-electron chi connectivity index (χ2n) is 5.86. The van der Waals surface area contributed by atoms with Crippen LogP contribution in [0.5, 0.6) is 0 Å². The number of nitrogens with zero attached hydrogens (tertiary/aromatic N) is 1. The Bertz CT molecular complexity index is 428. The molecule has 22 heavy (non-hydrogen) atoms. The van der Waals surface area contributed by atoms with Crippen molar-refractivity contribution in [2.75, 3.05) is 20.6 Å². The molecule has 128 valence electrons. The van der Waals surface area contributed by atoms with E-state index in [2.05, 4.69) is 27.7 Å². The monoisotopic (exact) mass is 367 g/mol. The van der Waals surface area contributed by atoms with E-state index < -0.39 is 0 Å². The van der Waals surface area contributed by atoms with Crippen molar-refractivity contribution in [2.24, 2.45) is 11.7 Å². The molecule has 1 aromatic rings. The van der Waals surface area contributed by atoms with E-state index in [-0.39, 0.29) is 42.8 Å². The van der Waals surface area contributed by atoms with Gasteiger partial charge in [-0.2, -0.15) is 0 Å². The second kappa shape index (κ2) is 10.4. The summed E-state index contributed by atoms with van der Waals surface area (Å²) in [7, 11) is 4.09. The molecule has 0 radical (unpaired) electrons. The van der Waals surface area contributed by atoms with Gasteiger partial charge in [0, 0.05) is 23.9 Å². The minimum Gasteiger partial charge on any atom is -0.354 e. The first kappa shape index (κ1) is 21.7. The van der Waals surface area contributed by atoms with Crippen molar-refractivity contribution in [2.45, 2.75) is 37.8 Å². The number of nitrogens with one attached hydrogen (secondary N) is 1. The second-order valence-corrected chi connectivity index (χ2v) is 6.84. The molecule has 0 bridgehead atoms. The van der Waals surface area contributed by atoms with Crippen LogP contribution in [0.3, 0.4) is 0 Å². The lowest BCUT2D eigenvalue weighted by Crippen LogP contribution is -2.36. The minimum absolute atomic E-state index is 0. The molecule has 0 spiro atoms. The molecule has 7 heteroatoms. The summed E-state index contributed by atoms with van der Waals surface area (Å²) < 4.78 is 0. The predicted molar refractivity (Wildman–Crippen MR) is 98.2 cm³/mol. The highest BCUT2D eigenvalue weighted by atomic mass is 35.5. The van der Waals surface area contributed by atoms with Gasteiger partial charge in [-0.3, -0.25) is 4.79 Å². The summed E-state index contributed by atoms with van der Waals surface area (Å²) in [6.07, 6.45) is 3.89. The summed E-state index contributed by atoms with van der Waals surface area (Å²) in [4.78, 5) is 15.5. The van der Waals surface area contributed by atoms with Gasteiger partial charge < -0.3 is 16.0 Å². The molecular weight excluding hydrogens is 341 g/mol. The number of carbonyl (C=O) groups excluding carboxylic acids is 1. The third kappa shape index (κ3) is 6.05. The third-order valence-corrected chi connectivity index (χ3v) is 5.13. The van der Waals surface area contributed by atoms with Gasteiger partial charge in [0.25, 0.3) is 0 Å². The number of nitrogens with two attached hydrogens (primary N) is 1. The molecule has 0 saturated heterocycles. The summed E-state index contributed by atoms with van der Waals surface area (Å²) in [6, 6.07) is 4.63. The van der Waals surface area contributed by atoms with Gasteiger partial charge in [0.05, 0.1) is 6.04 Å². The van der Waals surface area contributed by atoms with Crippen molar-refractivity contribution in [1.82, 2.24) is 10.2 Å². The van der Waals surface area contributed by atoms with Gasteiger partial charge in [-0.25, -0.2) is 0 Å². The number of amides is 1. The highest BCUT2D eigenvalue weighted by Gasteiger charge is 2.26. The fourth-order valence-corrected chi connectivity index (χ4v) is 3.78. The van der Waals surface area contributed by atoms with Crippen molar-refractivity contribution < 1.29 is 4.79 Å². The number of hydrogen-bond donors (Lipinski definition) is 2. The molecule has 3 atom stereocenters. The maximum Gasteiger partial charge on any atom is 0.220 e. The lowest BCUT2D eigenvalue weighted by molar-refractivity contribution is -0.122. The number of hydrogen-bond acceptors (Lipinski definition) is 4. The van der Waals surface area contributed by atoms with Crippen LogP contribution in [-0.2, 0) is 4.79 Å². The number of thiophene rings is 1. The molecular formula is C15H27Cl2N3OS. The van der Waals surface area contributed by atoms with Crippen molar-refractivity contribution >= 4 is 42.1 Å². The van der Waals surface area contributed by atoms with Crippen LogP contribution in [0.25, 0.3) is 0 Å². The first-order chi connectivity index (χ1) is 9.58. The van der Waals surface area contributed by atoms with Crippen LogP contribution in [0.15, 0.2) is 17.5 Å². The fourth-order valence-electron chi connectivity index (χ4n) is 2.86. The summed E-state index contributed by atoms with van der Waals surface area (Å²) in [5.41, 5.74) is 6.02. The number of carbonyl (C=O) groups is 1. The van der Waals surface area contributed by atoms with Crippen LogP contribution >= 0.6 is 36.2 Å². The van der Waals surface area contributed by atoms with E-state index in [9.17, 15) is 4.79 Å². The topological polar surface area (TPSA) is 58.4 Å². The summed E-state index contributed by atoms with van der Waals surface area (Å²) in [5, 5.41) is 5.14. The van der Waals surface area contributed by atoms with Crippen molar-refractivity contribution in [1.29, 1.82) is 0 Å². The van der Waals surface area contributed by atoms with Crippen LogP contribution in [0.2, 0.25) is 0 Å². The third-order valence-electron chi connectivity index (χ3n) is 4.15. The molecule has 4 nitrogen and oxygen atoms in total. The van der Waals surface area contributed by atoms with E-state index in [1.165, 1.54) is 4.88 Å². The summed E-state index contributed by atoms with van der Waals surface area (Å²) in [6.45, 7) is 0.661. The lowest BCUT2D eigenvalue weighted by atomic mass is 10.00. The molecule has 1 aromatic heterocycles.